The van der Waals surface area contributed by atoms with Gasteiger partial charge in [0, 0.05) is 90.3 Å². The molecule has 0 unspecified atom stereocenters. The fraction of sp³-hybridized carbons (Fsp3) is 0.789. The van der Waals surface area contributed by atoms with Crippen LogP contribution in [0.5, 0.6) is 0 Å². The quantitative estimate of drug-likeness (QED) is 0.321. The number of piperazine rings is 2. The molecule has 0 atom stereocenters. The summed E-state index contributed by atoms with van der Waals surface area (Å²) in [6, 6.07) is 0. The van der Waals surface area contributed by atoms with E-state index in [1.54, 1.807) is 6.92 Å². The van der Waals surface area contributed by atoms with Gasteiger partial charge in [0.25, 0.3) is 0 Å². The maximum Gasteiger partial charge on any atom is 0.219 e. The summed E-state index contributed by atoms with van der Waals surface area (Å²) in [5.41, 5.74) is 0. The van der Waals surface area contributed by atoms with Gasteiger partial charge in [-0.15, -0.1) is 24.0 Å². The molecule has 0 aromatic carbocycles. The second-order valence-electron chi connectivity index (χ2n) is 7.40. The maximum atomic E-state index is 11.4. The van der Waals surface area contributed by atoms with Crippen LogP contribution in [0.2, 0.25) is 0 Å². The first-order chi connectivity index (χ1) is 14.1. The van der Waals surface area contributed by atoms with E-state index in [4.69, 9.17) is 4.99 Å². The average molecular weight is 551 g/mol. The van der Waals surface area contributed by atoms with Crippen molar-refractivity contribution in [3.05, 3.63) is 5.82 Å². The number of halogens is 1. The number of hydrogen-bond donors (Lipinski definition) is 1. The third-order valence-corrected chi connectivity index (χ3v) is 6.27. The van der Waals surface area contributed by atoms with Gasteiger partial charge in [-0.25, -0.2) is 4.98 Å². The summed E-state index contributed by atoms with van der Waals surface area (Å²) in [6.07, 6.45) is 0.886. The summed E-state index contributed by atoms with van der Waals surface area (Å²) in [4.78, 5) is 29.9. The van der Waals surface area contributed by atoms with E-state index in [0.29, 0.717) is 0 Å². The van der Waals surface area contributed by atoms with Crippen molar-refractivity contribution in [1.82, 2.24) is 29.4 Å². The van der Waals surface area contributed by atoms with Crippen molar-refractivity contribution in [2.75, 3.05) is 76.9 Å². The highest BCUT2D eigenvalue weighted by Gasteiger charge is 2.22. The summed E-state index contributed by atoms with van der Waals surface area (Å²) < 4.78 is 4.41. The Labute approximate surface area is 201 Å². The molecule has 0 aliphatic carbocycles. The molecule has 0 spiro atoms. The van der Waals surface area contributed by atoms with Crippen LogP contribution in [0.25, 0.3) is 0 Å². The Morgan fingerprint density at radius 2 is 1.73 bits per heavy atom. The molecule has 2 aliphatic heterocycles. The Kier molecular flexibility index (Phi) is 10.5. The highest BCUT2D eigenvalue weighted by Crippen LogP contribution is 2.19. The first-order valence-corrected chi connectivity index (χ1v) is 11.5. The van der Waals surface area contributed by atoms with E-state index < -0.39 is 0 Å². The van der Waals surface area contributed by atoms with E-state index in [9.17, 15) is 4.79 Å². The Morgan fingerprint density at radius 1 is 1.07 bits per heavy atom. The van der Waals surface area contributed by atoms with Crippen LogP contribution in [-0.2, 0) is 11.2 Å². The SMILES string of the molecule is CCNC(=NCCN1CCN(C(C)=O)CC1)N1CCN(c2nc(CC)ns2)CC1.I. The lowest BCUT2D eigenvalue weighted by atomic mass is 10.3. The van der Waals surface area contributed by atoms with Crippen LogP contribution in [0.3, 0.4) is 0 Å². The second-order valence-corrected chi connectivity index (χ2v) is 8.13. The zero-order valence-corrected chi connectivity index (χ0v) is 21.5. The Balaban J connectivity index is 0.00000320. The number of guanidine groups is 1. The van der Waals surface area contributed by atoms with Crippen molar-refractivity contribution >= 4 is 52.5 Å². The van der Waals surface area contributed by atoms with E-state index in [-0.39, 0.29) is 29.9 Å². The van der Waals surface area contributed by atoms with Crippen molar-refractivity contribution in [2.24, 2.45) is 4.99 Å². The normalized spacial score (nSPS) is 18.4. The third kappa shape index (κ3) is 6.91. The van der Waals surface area contributed by atoms with Crippen molar-refractivity contribution < 1.29 is 4.79 Å². The molecule has 0 radical (unpaired) electrons. The monoisotopic (exact) mass is 550 g/mol. The molecule has 2 aliphatic rings. The summed E-state index contributed by atoms with van der Waals surface area (Å²) in [7, 11) is 0. The molecular weight excluding hydrogens is 515 g/mol. The fourth-order valence-corrected chi connectivity index (χ4v) is 4.44. The number of nitrogens with zero attached hydrogens (tertiary/aromatic N) is 7. The first kappa shape index (κ1) is 25.1. The minimum Gasteiger partial charge on any atom is -0.357 e. The van der Waals surface area contributed by atoms with Gasteiger partial charge in [0.2, 0.25) is 11.0 Å². The largest absolute Gasteiger partial charge is 0.357 e. The summed E-state index contributed by atoms with van der Waals surface area (Å²) in [6.45, 7) is 15.7. The molecule has 30 heavy (non-hydrogen) atoms. The van der Waals surface area contributed by atoms with Crippen LogP contribution in [0.4, 0.5) is 5.13 Å². The molecule has 170 valence electrons. The second kappa shape index (κ2) is 12.6. The average Bonchev–Trinajstić information content (AvgIpc) is 3.23. The van der Waals surface area contributed by atoms with Gasteiger partial charge < -0.3 is 20.0 Å². The fourth-order valence-electron chi connectivity index (χ4n) is 3.64. The molecular formula is C19H35IN8OS. The Morgan fingerprint density at radius 3 is 2.30 bits per heavy atom. The lowest BCUT2D eigenvalue weighted by Crippen LogP contribution is -2.53. The summed E-state index contributed by atoms with van der Waals surface area (Å²) in [5.74, 6) is 2.11. The predicted molar refractivity (Wildman–Crippen MR) is 133 cm³/mol. The van der Waals surface area contributed by atoms with E-state index in [0.717, 1.165) is 95.3 Å². The van der Waals surface area contributed by atoms with E-state index >= 15 is 0 Å². The van der Waals surface area contributed by atoms with Gasteiger partial charge in [-0.05, 0) is 6.92 Å². The Bertz CT molecular complexity index is 684. The number of aromatic nitrogens is 2. The van der Waals surface area contributed by atoms with Crippen LogP contribution in [0.15, 0.2) is 4.99 Å². The standard InChI is InChI=1S/C19H34N8OS.HI/c1-4-17-22-19(29-23-17)27-14-12-26(13-15-27)18(20-5-2)21-6-7-24-8-10-25(11-9-24)16(3)28;/h4-15H2,1-3H3,(H,20,21);1H. The number of carbonyl (C=O) groups excluding carboxylic acids is 1. The minimum absolute atomic E-state index is 0. The van der Waals surface area contributed by atoms with Crippen LogP contribution < -0.4 is 10.2 Å². The molecule has 1 aromatic heterocycles. The highest BCUT2D eigenvalue weighted by molar-refractivity contribution is 14.0. The minimum atomic E-state index is 0. The van der Waals surface area contributed by atoms with Crippen molar-refractivity contribution in [1.29, 1.82) is 0 Å². The Hall–Kier alpha value is -1.21. The van der Waals surface area contributed by atoms with Crippen molar-refractivity contribution in [2.45, 2.75) is 27.2 Å². The molecule has 1 N–H and O–H groups in total. The number of anilines is 1. The lowest BCUT2D eigenvalue weighted by molar-refractivity contribution is -0.130. The lowest BCUT2D eigenvalue weighted by Gasteiger charge is -2.36. The number of amides is 1. The van der Waals surface area contributed by atoms with E-state index in [2.05, 4.69) is 43.2 Å². The first-order valence-electron chi connectivity index (χ1n) is 10.7. The molecule has 1 aromatic rings. The number of aryl methyl sites for hydroxylation is 1. The maximum absolute atomic E-state index is 11.4. The molecule has 3 rings (SSSR count). The summed E-state index contributed by atoms with van der Waals surface area (Å²) in [5, 5.41) is 4.48. The molecule has 2 saturated heterocycles. The zero-order chi connectivity index (χ0) is 20.6. The van der Waals surface area contributed by atoms with Gasteiger partial charge in [-0.2, -0.15) is 4.37 Å². The molecule has 2 fully saturated rings. The zero-order valence-electron chi connectivity index (χ0n) is 18.3. The summed E-state index contributed by atoms with van der Waals surface area (Å²) >= 11 is 1.50. The van der Waals surface area contributed by atoms with Gasteiger partial charge in [0.05, 0.1) is 6.54 Å². The van der Waals surface area contributed by atoms with Gasteiger partial charge >= 0.3 is 0 Å². The smallest absolute Gasteiger partial charge is 0.219 e. The number of nitrogens with one attached hydrogen (secondary N) is 1. The van der Waals surface area contributed by atoms with Crippen LogP contribution in [0, 0.1) is 0 Å². The number of aliphatic imine (C=N–C) groups is 1. The molecule has 1 amide bonds. The molecule has 9 nitrogen and oxygen atoms in total. The van der Waals surface area contributed by atoms with Gasteiger partial charge in [0.15, 0.2) is 5.96 Å². The number of carbonyl (C=O) groups is 1. The molecule has 11 heteroatoms. The molecule has 0 saturated carbocycles. The van der Waals surface area contributed by atoms with E-state index in [1.165, 1.54) is 11.5 Å². The van der Waals surface area contributed by atoms with E-state index in [1.807, 2.05) is 4.90 Å². The number of rotatable bonds is 6. The van der Waals surface area contributed by atoms with Gasteiger partial charge in [0.1, 0.15) is 5.82 Å². The van der Waals surface area contributed by atoms with Crippen LogP contribution in [-0.4, -0.2) is 108 Å². The van der Waals surface area contributed by atoms with Crippen molar-refractivity contribution in [3.63, 3.8) is 0 Å². The van der Waals surface area contributed by atoms with Gasteiger partial charge in [-0.3, -0.25) is 14.7 Å². The predicted octanol–water partition coefficient (Wildman–Crippen LogP) is 0.970. The third-order valence-electron chi connectivity index (χ3n) is 5.45. The van der Waals surface area contributed by atoms with Gasteiger partial charge in [-0.1, -0.05) is 6.92 Å². The topological polar surface area (TPSA) is 80.2 Å². The van der Waals surface area contributed by atoms with Crippen LogP contribution >= 0.6 is 35.5 Å². The molecule has 0 bridgehead atoms. The van der Waals surface area contributed by atoms with Crippen LogP contribution in [0.1, 0.15) is 26.6 Å². The highest BCUT2D eigenvalue weighted by atomic mass is 127. The molecule has 3 heterocycles. The van der Waals surface area contributed by atoms with Crippen molar-refractivity contribution in [3.8, 4) is 0 Å². The number of hydrogen-bond acceptors (Lipinski definition) is 7.